The maximum Gasteiger partial charge on any atom is 0.0537 e. The molecule has 1 heterocycles. The Morgan fingerprint density at radius 1 is 1.53 bits per heavy atom. The number of aliphatic hydroxyl groups excluding tert-OH is 1. The molecule has 2 atom stereocenters. The van der Waals surface area contributed by atoms with Crippen LogP contribution in [0.15, 0.2) is 12.4 Å². The van der Waals surface area contributed by atoms with Gasteiger partial charge < -0.3 is 10.4 Å². The number of hydrogen-bond donors (Lipinski definition) is 2. The Balaban J connectivity index is 2.33. The first-order valence-corrected chi connectivity index (χ1v) is 5.46. The Kier molecular flexibility index (Phi) is 4.78. The fourth-order valence-corrected chi connectivity index (χ4v) is 1.48. The van der Waals surface area contributed by atoms with Crippen molar-refractivity contribution in [3.05, 3.63) is 18.0 Å². The molecule has 0 saturated heterocycles. The number of aromatic nitrogens is 2. The van der Waals surface area contributed by atoms with Crippen LogP contribution in [0, 0.1) is 5.92 Å². The molecule has 0 aromatic carbocycles. The molecule has 15 heavy (non-hydrogen) atoms. The molecule has 0 bridgehead atoms. The Morgan fingerprint density at radius 3 is 2.80 bits per heavy atom. The molecule has 0 aliphatic heterocycles. The monoisotopic (exact) mass is 211 g/mol. The lowest BCUT2D eigenvalue weighted by molar-refractivity contribution is 0.258. The minimum atomic E-state index is 0.268. The van der Waals surface area contributed by atoms with Gasteiger partial charge in [0.05, 0.1) is 6.20 Å². The molecule has 2 unspecified atom stereocenters. The smallest absolute Gasteiger partial charge is 0.0537 e. The van der Waals surface area contributed by atoms with Gasteiger partial charge >= 0.3 is 0 Å². The molecule has 4 heteroatoms. The van der Waals surface area contributed by atoms with Crippen LogP contribution in [0.4, 0.5) is 0 Å². The SMILES string of the molecule is CC(CCO)CNC(C)c1cnn(C)c1. The molecule has 1 aromatic heterocycles. The summed E-state index contributed by atoms with van der Waals surface area (Å²) in [5.41, 5.74) is 1.20. The van der Waals surface area contributed by atoms with Crippen molar-refractivity contribution in [1.82, 2.24) is 15.1 Å². The van der Waals surface area contributed by atoms with E-state index in [9.17, 15) is 0 Å². The van der Waals surface area contributed by atoms with Gasteiger partial charge in [-0.2, -0.15) is 5.10 Å². The molecule has 0 aliphatic rings. The topological polar surface area (TPSA) is 50.1 Å². The van der Waals surface area contributed by atoms with Crippen molar-refractivity contribution >= 4 is 0 Å². The van der Waals surface area contributed by atoms with E-state index in [1.807, 2.05) is 24.1 Å². The second-order valence-corrected chi connectivity index (χ2v) is 4.19. The largest absolute Gasteiger partial charge is 0.396 e. The summed E-state index contributed by atoms with van der Waals surface area (Å²) in [5.74, 6) is 0.508. The van der Waals surface area contributed by atoms with Crippen LogP contribution in [0.25, 0.3) is 0 Å². The summed E-state index contributed by atoms with van der Waals surface area (Å²) in [7, 11) is 1.92. The van der Waals surface area contributed by atoms with Crippen molar-refractivity contribution in [2.75, 3.05) is 13.2 Å². The summed E-state index contributed by atoms with van der Waals surface area (Å²) in [6.07, 6.45) is 4.76. The zero-order valence-corrected chi connectivity index (χ0v) is 9.77. The number of hydrogen-bond acceptors (Lipinski definition) is 3. The third-order valence-corrected chi connectivity index (χ3v) is 2.62. The van der Waals surface area contributed by atoms with Crippen LogP contribution in [0.2, 0.25) is 0 Å². The average Bonchev–Trinajstić information content (AvgIpc) is 2.62. The summed E-state index contributed by atoms with van der Waals surface area (Å²) < 4.78 is 1.81. The van der Waals surface area contributed by atoms with Crippen molar-refractivity contribution in [3.63, 3.8) is 0 Å². The van der Waals surface area contributed by atoms with Crippen LogP contribution in [-0.2, 0) is 7.05 Å². The van der Waals surface area contributed by atoms with Crippen molar-refractivity contribution in [3.8, 4) is 0 Å². The van der Waals surface area contributed by atoms with Gasteiger partial charge in [-0.25, -0.2) is 0 Å². The average molecular weight is 211 g/mol. The van der Waals surface area contributed by atoms with Crippen LogP contribution in [0.5, 0.6) is 0 Å². The lowest BCUT2D eigenvalue weighted by Crippen LogP contribution is -2.24. The van der Waals surface area contributed by atoms with Gasteiger partial charge in [-0.05, 0) is 25.8 Å². The Morgan fingerprint density at radius 2 is 2.27 bits per heavy atom. The second kappa shape index (κ2) is 5.88. The molecule has 0 fully saturated rings. The van der Waals surface area contributed by atoms with Gasteiger partial charge in [0.2, 0.25) is 0 Å². The molecule has 1 aromatic rings. The molecule has 0 amide bonds. The van der Waals surface area contributed by atoms with E-state index in [0.29, 0.717) is 12.0 Å². The number of rotatable bonds is 6. The maximum atomic E-state index is 8.78. The van der Waals surface area contributed by atoms with Gasteiger partial charge in [-0.1, -0.05) is 6.92 Å². The normalized spacial score (nSPS) is 15.2. The first-order chi connectivity index (χ1) is 7.13. The summed E-state index contributed by atoms with van der Waals surface area (Å²) in [6, 6.07) is 0.319. The number of nitrogens with one attached hydrogen (secondary N) is 1. The minimum Gasteiger partial charge on any atom is -0.396 e. The van der Waals surface area contributed by atoms with Gasteiger partial charge in [-0.3, -0.25) is 4.68 Å². The lowest BCUT2D eigenvalue weighted by Gasteiger charge is -2.15. The van der Waals surface area contributed by atoms with Crippen LogP contribution in [0.1, 0.15) is 31.9 Å². The molecule has 4 nitrogen and oxygen atoms in total. The number of nitrogens with zero attached hydrogens (tertiary/aromatic N) is 2. The molecular weight excluding hydrogens is 190 g/mol. The minimum absolute atomic E-state index is 0.268. The first kappa shape index (κ1) is 12.2. The van der Waals surface area contributed by atoms with Gasteiger partial charge in [0.25, 0.3) is 0 Å². The lowest BCUT2D eigenvalue weighted by atomic mass is 10.1. The second-order valence-electron chi connectivity index (χ2n) is 4.19. The Bertz CT molecular complexity index is 285. The molecule has 0 saturated carbocycles. The predicted octanol–water partition coefficient (Wildman–Crippen LogP) is 1.09. The first-order valence-electron chi connectivity index (χ1n) is 5.46. The maximum absolute atomic E-state index is 8.78. The number of aryl methyl sites for hydroxylation is 1. The standard InChI is InChI=1S/C11H21N3O/c1-9(4-5-15)6-12-10(2)11-7-13-14(3)8-11/h7-10,12,15H,4-6H2,1-3H3. The van der Waals surface area contributed by atoms with E-state index in [-0.39, 0.29) is 6.61 Å². The highest BCUT2D eigenvalue weighted by Crippen LogP contribution is 2.11. The fourth-order valence-electron chi connectivity index (χ4n) is 1.48. The summed E-state index contributed by atoms with van der Waals surface area (Å²) in [6.45, 7) is 5.46. The molecular formula is C11H21N3O. The van der Waals surface area contributed by atoms with Crippen LogP contribution < -0.4 is 5.32 Å². The Hall–Kier alpha value is -0.870. The molecule has 0 spiro atoms. The van der Waals surface area contributed by atoms with Gasteiger partial charge in [0, 0.05) is 31.5 Å². The molecule has 86 valence electrons. The van der Waals surface area contributed by atoms with Crippen LogP contribution >= 0.6 is 0 Å². The summed E-state index contributed by atoms with van der Waals surface area (Å²) in [5, 5.41) is 16.4. The van der Waals surface area contributed by atoms with Crippen LogP contribution in [0.3, 0.4) is 0 Å². The van der Waals surface area contributed by atoms with Crippen LogP contribution in [-0.4, -0.2) is 28.0 Å². The van der Waals surface area contributed by atoms with E-state index in [1.54, 1.807) is 0 Å². The van der Waals surface area contributed by atoms with E-state index in [0.717, 1.165) is 13.0 Å². The zero-order valence-electron chi connectivity index (χ0n) is 9.77. The van der Waals surface area contributed by atoms with Crippen molar-refractivity contribution < 1.29 is 5.11 Å². The van der Waals surface area contributed by atoms with Gasteiger partial charge in [-0.15, -0.1) is 0 Å². The highest BCUT2D eigenvalue weighted by atomic mass is 16.3. The number of aliphatic hydroxyl groups is 1. The molecule has 1 rings (SSSR count). The van der Waals surface area contributed by atoms with Gasteiger partial charge in [0.15, 0.2) is 0 Å². The third-order valence-electron chi connectivity index (χ3n) is 2.62. The van der Waals surface area contributed by atoms with E-state index in [2.05, 4.69) is 24.3 Å². The van der Waals surface area contributed by atoms with Crippen molar-refractivity contribution in [2.24, 2.45) is 13.0 Å². The van der Waals surface area contributed by atoms with E-state index in [1.165, 1.54) is 5.56 Å². The summed E-state index contributed by atoms with van der Waals surface area (Å²) in [4.78, 5) is 0. The molecule has 0 aliphatic carbocycles. The predicted molar refractivity (Wildman–Crippen MR) is 60.5 cm³/mol. The highest BCUT2D eigenvalue weighted by molar-refractivity contribution is 5.08. The molecule has 0 radical (unpaired) electrons. The van der Waals surface area contributed by atoms with Crippen molar-refractivity contribution in [2.45, 2.75) is 26.3 Å². The highest BCUT2D eigenvalue weighted by Gasteiger charge is 2.08. The third kappa shape index (κ3) is 4.01. The molecule has 2 N–H and O–H groups in total. The van der Waals surface area contributed by atoms with E-state index >= 15 is 0 Å². The Labute approximate surface area is 91.3 Å². The van der Waals surface area contributed by atoms with Gasteiger partial charge in [0.1, 0.15) is 0 Å². The summed E-state index contributed by atoms with van der Waals surface area (Å²) >= 11 is 0. The van der Waals surface area contributed by atoms with E-state index in [4.69, 9.17) is 5.11 Å². The fraction of sp³-hybridized carbons (Fsp3) is 0.727. The van der Waals surface area contributed by atoms with E-state index < -0.39 is 0 Å². The van der Waals surface area contributed by atoms with Crippen molar-refractivity contribution in [1.29, 1.82) is 0 Å². The zero-order chi connectivity index (χ0) is 11.3. The quantitative estimate of drug-likeness (QED) is 0.740.